The van der Waals surface area contributed by atoms with E-state index >= 15 is 0 Å². The fourth-order valence-corrected chi connectivity index (χ4v) is 5.77. The van der Waals surface area contributed by atoms with Crippen molar-refractivity contribution < 1.29 is 17.9 Å². The molecule has 204 valence electrons. The number of nitrogens with one attached hydrogen (secondary N) is 1. The van der Waals surface area contributed by atoms with Gasteiger partial charge in [0.15, 0.2) is 5.82 Å². The maximum atomic E-state index is 13.4. The van der Waals surface area contributed by atoms with Gasteiger partial charge in [-0.2, -0.15) is 0 Å². The van der Waals surface area contributed by atoms with Crippen LogP contribution in [-0.2, 0) is 10.0 Å². The van der Waals surface area contributed by atoms with Gasteiger partial charge in [0.2, 0.25) is 5.88 Å². The lowest BCUT2D eigenvalue weighted by Gasteiger charge is -2.34. The third-order valence-electron chi connectivity index (χ3n) is 6.39. The zero-order valence-electron chi connectivity index (χ0n) is 22.6. The Morgan fingerprint density at radius 1 is 1.29 bits per heavy atom. The third kappa shape index (κ3) is 5.59. The summed E-state index contributed by atoms with van der Waals surface area (Å²) < 4.78 is 35.5. The lowest BCUT2D eigenvalue weighted by molar-refractivity contribution is 0.0981. The van der Waals surface area contributed by atoms with E-state index in [1.807, 2.05) is 18.0 Å². The molecule has 1 amide bonds. The first-order valence-corrected chi connectivity index (χ1v) is 14.0. The second-order valence-corrected chi connectivity index (χ2v) is 12.5. The number of hydrogen-bond donors (Lipinski definition) is 2. The number of nitrogen functional groups attached to an aromatic ring is 1. The first kappa shape index (κ1) is 27.4. The first-order chi connectivity index (χ1) is 17.8. The molecule has 0 radical (unpaired) electrons. The first-order valence-electron chi connectivity index (χ1n) is 12.5. The molecule has 3 aromatic heterocycles. The van der Waals surface area contributed by atoms with E-state index in [-0.39, 0.29) is 21.8 Å². The summed E-state index contributed by atoms with van der Waals surface area (Å²) in [5, 5.41) is 4.55. The van der Waals surface area contributed by atoms with E-state index in [1.165, 1.54) is 18.3 Å². The van der Waals surface area contributed by atoms with Crippen LogP contribution in [0.1, 0.15) is 57.0 Å². The molecule has 11 nitrogen and oxygen atoms in total. The molecule has 3 N–H and O–H groups in total. The Bertz CT molecular complexity index is 1450. The second-order valence-electron chi connectivity index (χ2n) is 10.9. The van der Waals surface area contributed by atoms with Crippen molar-refractivity contribution in [3.8, 4) is 11.7 Å². The summed E-state index contributed by atoms with van der Waals surface area (Å²) in [5.74, 6) is 1.07. The largest absolute Gasteiger partial charge is 0.476 e. The van der Waals surface area contributed by atoms with E-state index in [4.69, 9.17) is 15.5 Å². The van der Waals surface area contributed by atoms with Crippen molar-refractivity contribution in [3.05, 3.63) is 47.8 Å². The number of anilines is 2. The van der Waals surface area contributed by atoms with Crippen LogP contribution in [0.5, 0.6) is 5.88 Å². The molecule has 0 spiro atoms. The third-order valence-corrected chi connectivity index (χ3v) is 7.77. The molecule has 0 aromatic carbocycles. The van der Waals surface area contributed by atoms with Crippen molar-refractivity contribution in [2.75, 3.05) is 23.8 Å². The molecule has 0 aliphatic carbocycles. The Hall–Kier alpha value is -3.67. The molecule has 1 aliphatic rings. The predicted molar refractivity (Wildman–Crippen MR) is 145 cm³/mol. The highest BCUT2D eigenvalue weighted by Gasteiger charge is 2.39. The van der Waals surface area contributed by atoms with E-state index < -0.39 is 15.9 Å². The minimum absolute atomic E-state index is 0.127. The average Bonchev–Trinajstić information content (AvgIpc) is 3.34. The van der Waals surface area contributed by atoms with Gasteiger partial charge in [0.1, 0.15) is 16.5 Å². The van der Waals surface area contributed by atoms with Crippen LogP contribution in [0.25, 0.3) is 5.82 Å². The van der Waals surface area contributed by atoms with Gasteiger partial charge in [-0.15, -0.1) is 5.10 Å². The number of nitrogens with zero attached hydrogens (tertiary/aromatic N) is 5. The number of nitrogens with two attached hydrogens (primary N) is 1. The highest BCUT2D eigenvalue weighted by molar-refractivity contribution is 7.90. The number of aromatic nitrogens is 4. The van der Waals surface area contributed by atoms with E-state index in [0.29, 0.717) is 42.5 Å². The minimum atomic E-state index is -4.26. The molecule has 0 saturated carbocycles. The van der Waals surface area contributed by atoms with Crippen LogP contribution in [-0.4, -0.2) is 52.8 Å². The highest BCUT2D eigenvalue weighted by Crippen LogP contribution is 2.38. The fourth-order valence-electron chi connectivity index (χ4n) is 4.72. The van der Waals surface area contributed by atoms with E-state index in [9.17, 15) is 13.2 Å². The van der Waals surface area contributed by atoms with Gasteiger partial charge in [0.25, 0.3) is 15.9 Å². The van der Waals surface area contributed by atoms with Crippen LogP contribution in [0.15, 0.2) is 41.6 Å². The molecule has 3 aromatic rings. The fraction of sp³-hybridized carbons (Fsp3) is 0.462. The quantitative estimate of drug-likeness (QED) is 0.438. The number of aryl methyl sites for hydroxylation is 1. The predicted octanol–water partition coefficient (Wildman–Crippen LogP) is 3.33. The maximum absolute atomic E-state index is 13.4. The van der Waals surface area contributed by atoms with Crippen LogP contribution in [0.2, 0.25) is 0 Å². The number of rotatable bonds is 8. The summed E-state index contributed by atoms with van der Waals surface area (Å²) in [6, 6.07) is 5.94. The van der Waals surface area contributed by atoms with E-state index in [0.717, 1.165) is 12.0 Å². The summed E-state index contributed by atoms with van der Waals surface area (Å²) in [4.78, 5) is 23.8. The summed E-state index contributed by atoms with van der Waals surface area (Å²) in [7, 11) is -4.26. The Kier molecular flexibility index (Phi) is 7.37. The van der Waals surface area contributed by atoms with Gasteiger partial charge in [-0.3, -0.25) is 4.79 Å². The normalized spacial score (nSPS) is 17.1. The second kappa shape index (κ2) is 10.2. The van der Waals surface area contributed by atoms with Crippen LogP contribution in [0, 0.1) is 18.8 Å². The topological polar surface area (TPSA) is 145 Å². The van der Waals surface area contributed by atoms with Crippen LogP contribution in [0.3, 0.4) is 0 Å². The van der Waals surface area contributed by atoms with E-state index in [2.05, 4.69) is 49.4 Å². The lowest BCUT2D eigenvalue weighted by atomic mass is 9.97. The van der Waals surface area contributed by atoms with Gasteiger partial charge in [0, 0.05) is 30.0 Å². The van der Waals surface area contributed by atoms with Gasteiger partial charge >= 0.3 is 0 Å². The van der Waals surface area contributed by atoms with Gasteiger partial charge < -0.3 is 15.4 Å². The molecule has 1 fully saturated rings. The minimum Gasteiger partial charge on any atom is -0.476 e. The maximum Gasteiger partial charge on any atom is 0.268 e. The number of amides is 1. The molecular formula is C26H35N7O4S. The molecule has 0 unspecified atom stereocenters. The Balaban J connectivity index is 1.74. The highest BCUT2D eigenvalue weighted by atomic mass is 32.2. The zero-order chi connectivity index (χ0) is 27.8. The average molecular weight is 542 g/mol. The van der Waals surface area contributed by atoms with Crippen LogP contribution >= 0.6 is 0 Å². The molecule has 1 atom stereocenters. The molecule has 12 heteroatoms. The molecule has 4 rings (SSSR count). The van der Waals surface area contributed by atoms with Crippen molar-refractivity contribution in [2.24, 2.45) is 11.8 Å². The summed E-state index contributed by atoms with van der Waals surface area (Å²) in [6.45, 7) is 13.5. The van der Waals surface area contributed by atoms with Crippen molar-refractivity contribution in [1.82, 2.24) is 24.5 Å². The van der Waals surface area contributed by atoms with Gasteiger partial charge in [-0.05, 0) is 63.3 Å². The van der Waals surface area contributed by atoms with Crippen LogP contribution < -0.4 is 20.1 Å². The van der Waals surface area contributed by atoms with Crippen molar-refractivity contribution in [1.29, 1.82) is 0 Å². The van der Waals surface area contributed by atoms with Crippen molar-refractivity contribution >= 4 is 27.6 Å². The summed E-state index contributed by atoms with van der Waals surface area (Å²) >= 11 is 0. The summed E-state index contributed by atoms with van der Waals surface area (Å²) in [5.41, 5.74) is 6.43. The molecule has 0 bridgehead atoms. The zero-order valence-corrected chi connectivity index (χ0v) is 23.4. The van der Waals surface area contributed by atoms with E-state index in [1.54, 1.807) is 16.8 Å². The Morgan fingerprint density at radius 3 is 2.66 bits per heavy atom. The number of hydrogen-bond acceptors (Lipinski definition) is 9. The lowest BCUT2D eigenvalue weighted by Crippen LogP contribution is -2.41. The SMILES string of the molecule is Cc1cn(-c2ccc(C(=O)NS(=O)(=O)c3cccnc3N)c(N3C[C@@H](C)CC3(C)C)n2)nc1OCC(C)C. The van der Waals surface area contributed by atoms with Gasteiger partial charge in [0.05, 0.1) is 12.2 Å². The van der Waals surface area contributed by atoms with Crippen molar-refractivity contribution in [2.45, 2.75) is 58.4 Å². The summed E-state index contributed by atoms with van der Waals surface area (Å²) in [6.07, 6.45) is 4.08. The molecule has 1 saturated heterocycles. The number of sulfonamides is 1. The van der Waals surface area contributed by atoms with Crippen LogP contribution in [0.4, 0.5) is 11.6 Å². The Morgan fingerprint density at radius 2 is 2.03 bits per heavy atom. The molecule has 4 heterocycles. The Labute approximate surface area is 223 Å². The smallest absolute Gasteiger partial charge is 0.268 e. The number of pyridine rings is 2. The number of carbonyl (C=O) groups is 1. The standard InChI is InChI=1S/C26H35N7O4S/c1-16(2)15-37-25-18(4)14-33(30-25)21-10-9-19(23(29-21)32-13-17(3)12-26(32,5)6)24(34)31-38(35,36)20-8-7-11-28-22(20)27/h7-11,14,16-17H,12-13,15H2,1-6H3,(H2,27,28)(H,31,34)/t17-/m0/s1. The van der Waals surface area contributed by atoms with Gasteiger partial charge in [-0.1, -0.05) is 20.8 Å². The monoisotopic (exact) mass is 541 g/mol. The van der Waals surface area contributed by atoms with Gasteiger partial charge in [-0.25, -0.2) is 27.8 Å². The van der Waals surface area contributed by atoms with Crippen molar-refractivity contribution in [3.63, 3.8) is 0 Å². The molecule has 38 heavy (non-hydrogen) atoms. The number of carbonyl (C=O) groups excluding carboxylic acids is 1. The molecule has 1 aliphatic heterocycles. The number of ether oxygens (including phenoxy) is 1. The molecular weight excluding hydrogens is 506 g/mol.